The van der Waals surface area contributed by atoms with Gasteiger partial charge in [0.15, 0.2) is 0 Å². The van der Waals surface area contributed by atoms with Crippen molar-refractivity contribution in [1.29, 1.82) is 0 Å². The van der Waals surface area contributed by atoms with Crippen LogP contribution in [0.5, 0.6) is 0 Å². The van der Waals surface area contributed by atoms with Crippen LogP contribution in [0.3, 0.4) is 0 Å². The summed E-state index contributed by atoms with van der Waals surface area (Å²) in [5.41, 5.74) is 0. The molecule has 0 saturated carbocycles. The van der Waals surface area contributed by atoms with E-state index >= 15 is 0 Å². The van der Waals surface area contributed by atoms with Crippen molar-refractivity contribution in [3.63, 3.8) is 0 Å². The Kier molecular flexibility index (Phi) is 6.30. The summed E-state index contributed by atoms with van der Waals surface area (Å²) < 4.78 is 0. The maximum absolute atomic E-state index is 6.04. The summed E-state index contributed by atoms with van der Waals surface area (Å²) in [5, 5.41) is 3.76. The number of thiophene rings is 1. The number of nitrogens with one attached hydrogen (secondary N) is 1. The van der Waals surface area contributed by atoms with Gasteiger partial charge in [-0.2, -0.15) is 0 Å². The van der Waals surface area contributed by atoms with E-state index in [4.69, 9.17) is 11.6 Å². The van der Waals surface area contributed by atoms with Crippen molar-refractivity contribution in [3.8, 4) is 0 Å². The zero-order valence-corrected chi connectivity index (χ0v) is 11.1. The molecule has 0 saturated heterocycles. The Morgan fingerprint density at radius 1 is 1.33 bits per heavy atom. The van der Waals surface area contributed by atoms with Gasteiger partial charge in [-0.05, 0) is 37.9 Å². The Balaban J connectivity index is 2.14. The van der Waals surface area contributed by atoms with Gasteiger partial charge >= 0.3 is 0 Å². The molecule has 86 valence electrons. The zero-order chi connectivity index (χ0) is 11.1. The van der Waals surface area contributed by atoms with Crippen molar-refractivity contribution >= 4 is 22.9 Å². The first-order valence-electron chi connectivity index (χ1n) is 5.68. The first-order chi connectivity index (χ1) is 7.26. The van der Waals surface area contributed by atoms with Crippen LogP contribution in [0.2, 0.25) is 0 Å². The Hall–Kier alpha value is -0.0500. The molecule has 0 spiro atoms. The molecule has 0 radical (unpaired) electrons. The van der Waals surface area contributed by atoms with Crippen LogP contribution in [-0.4, -0.2) is 11.9 Å². The van der Waals surface area contributed by atoms with Crippen LogP contribution in [0.4, 0.5) is 0 Å². The molecule has 0 aliphatic rings. The fourth-order valence-electron chi connectivity index (χ4n) is 1.38. The summed E-state index contributed by atoms with van der Waals surface area (Å²) in [6.45, 7) is 6.33. The molecule has 1 rings (SSSR count). The minimum absolute atomic E-state index is 0.326. The van der Waals surface area contributed by atoms with Crippen molar-refractivity contribution in [3.05, 3.63) is 21.9 Å². The van der Waals surface area contributed by atoms with Crippen LogP contribution in [0, 0.1) is 0 Å². The summed E-state index contributed by atoms with van der Waals surface area (Å²) in [7, 11) is 0. The second kappa shape index (κ2) is 7.26. The quantitative estimate of drug-likeness (QED) is 0.569. The average Bonchev–Trinajstić information content (AvgIpc) is 2.72. The molecule has 1 atom stereocenters. The van der Waals surface area contributed by atoms with Gasteiger partial charge in [-0.1, -0.05) is 13.8 Å². The number of aryl methyl sites for hydroxylation is 1. The third kappa shape index (κ3) is 5.01. The maximum atomic E-state index is 6.04. The van der Waals surface area contributed by atoms with Crippen molar-refractivity contribution in [2.75, 3.05) is 6.54 Å². The van der Waals surface area contributed by atoms with Gasteiger partial charge < -0.3 is 5.32 Å². The van der Waals surface area contributed by atoms with Gasteiger partial charge in [0.05, 0.1) is 0 Å². The molecule has 1 N–H and O–H groups in total. The Labute approximate surface area is 102 Å². The largest absolute Gasteiger partial charge is 0.312 e. The molecular weight excluding hydrogens is 226 g/mol. The monoisotopic (exact) mass is 245 g/mol. The summed E-state index contributed by atoms with van der Waals surface area (Å²) in [6.07, 6.45) is 3.26. The van der Waals surface area contributed by atoms with E-state index in [2.05, 4.69) is 31.3 Å². The van der Waals surface area contributed by atoms with Crippen molar-refractivity contribution in [2.45, 2.75) is 45.0 Å². The molecule has 1 unspecified atom stereocenters. The lowest BCUT2D eigenvalue weighted by molar-refractivity contribution is 0.625. The molecule has 0 bridgehead atoms. The number of rotatable bonds is 7. The van der Waals surface area contributed by atoms with Gasteiger partial charge in [0.1, 0.15) is 0 Å². The average molecular weight is 246 g/mol. The molecule has 3 heteroatoms. The molecule has 1 aromatic rings. The molecule has 0 aliphatic carbocycles. The van der Waals surface area contributed by atoms with Crippen LogP contribution in [-0.2, 0) is 13.0 Å². The molecule has 1 aromatic heterocycles. The SMILES string of the molecule is CCc1ccc(CNCCC(Cl)CC)s1. The highest BCUT2D eigenvalue weighted by Crippen LogP contribution is 2.16. The van der Waals surface area contributed by atoms with E-state index in [1.165, 1.54) is 9.75 Å². The highest BCUT2D eigenvalue weighted by molar-refractivity contribution is 7.11. The van der Waals surface area contributed by atoms with E-state index in [1.807, 2.05) is 11.3 Å². The third-order valence-corrected chi connectivity index (χ3v) is 4.20. The molecule has 15 heavy (non-hydrogen) atoms. The lowest BCUT2D eigenvalue weighted by Gasteiger charge is -2.06. The fourth-order valence-corrected chi connectivity index (χ4v) is 2.42. The topological polar surface area (TPSA) is 12.0 Å². The summed E-state index contributed by atoms with van der Waals surface area (Å²) in [4.78, 5) is 2.89. The normalized spacial score (nSPS) is 13.0. The maximum Gasteiger partial charge on any atom is 0.0345 e. The van der Waals surface area contributed by atoms with E-state index in [0.29, 0.717) is 5.38 Å². The van der Waals surface area contributed by atoms with Crippen molar-refractivity contribution in [2.24, 2.45) is 0 Å². The van der Waals surface area contributed by atoms with Gasteiger partial charge in [0.25, 0.3) is 0 Å². The molecule has 0 aromatic carbocycles. The summed E-state index contributed by atoms with van der Waals surface area (Å²) in [5.74, 6) is 0. The van der Waals surface area contributed by atoms with Crippen molar-refractivity contribution < 1.29 is 0 Å². The first kappa shape index (κ1) is 13.0. The standard InChI is InChI=1S/C12H20ClNS/c1-3-10(13)7-8-14-9-12-6-5-11(4-2)15-12/h5-6,10,14H,3-4,7-9H2,1-2H3. The van der Waals surface area contributed by atoms with Crippen LogP contribution < -0.4 is 5.32 Å². The number of halogens is 1. The van der Waals surface area contributed by atoms with Crippen molar-refractivity contribution in [1.82, 2.24) is 5.32 Å². The van der Waals surface area contributed by atoms with E-state index in [-0.39, 0.29) is 0 Å². The summed E-state index contributed by atoms with van der Waals surface area (Å²) >= 11 is 7.94. The number of hydrogen-bond acceptors (Lipinski definition) is 2. The Morgan fingerprint density at radius 2 is 2.07 bits per heavy atom. The predicted octanol–water partition coefficient (Wildman–Crippen LogP) is 3.81. The van der Waals surface area contributed by atoms with E-state index in [1.54, 1.807) is 0 Å². The van der Waals surface area contributed by atoms with Gasteiger partial charge in [0.2, 0.25) is 0 Å². The van der Waals surface area contributed by atoms with E-state index < -0.39 is 0 Å². The zero-order valence-electron chi connectivity index (χ0n) is 9.55. The van der Waals surface area contributed by atoms with Crippen LogP contribution in [0.25, 0.3) is 0 Å². The molecule has 0 aliphatic heterocycles. The van der Waals surface area contributed by atoms with Gasteiger partial charge in [-0.25, -0.2) is 0 Å². The van der Waals surface area contributed by atoms with Gasteiger partial charge in [0, 0.05) is 21.7 Å². The second-order valence-electron chi connectivity index (χ2n) is 3.69. The molecule has 1 heterocycles. The summed E-state index contributed by atoms with van der Waals surface area (Å²) in [6, 6.07) is 4.44. The minimum Gasteiger partial charge on any atom is -0.312 e. The smallest absolute Gasteiger partial charge is 0.0345 e. The number of hydrogen-bond donors (Lipinski definition) is 1. The highest BCUT2D eigenvalue weighted by Gasteiger charge is 2.01. The van der Waals surface area contributed by atoms with Gasteiger partial charge in [-0.15, -0.1) is 22.9 Å². The van der Waals surface area contributed by atoms with E-state index in [9.17, 15) is 0 Å². The van der Waals surface area contributed by atoms with Crippen LogP contribution in [0.15, 0.2) is 12.1 Å². The minimum atomic E-state index is 0.326. The molecule has 1 nitrogen and oxygen atoms in total. The fraction of sp³-hybridized carbons (Fsp3) is 0.667. The molecule has 0 fully saturated rings. The molecular formula is C12H20ClNS. The number of alkyl halides is 1. The lowest BCUT2D eigenvalue weighted by atomic mass is 10.2. The molecule has 0 amide bonds. The second-order valence-corrected chi connectivity index (χ2v) is 5.56. The van der Waals surface area contributed by atoms with Crippen LogP contribution in [0.1, 0.15) is 36.4 Å². The van der Waals surface area contributed by atoms with Crippen LogP contribution >= 0.6 is 22.9 Å². The Morgan fingerprint density at radius 3 is 2.67 bits per heavy atom. The predicted molar refractivity (Wildman–Crippen MR) is 70.0 cm³/mol. The lowest BCUT2D eigenvalue weighted by Crippen LogP contribution is -2.17. The Bertz CT molecular complexity index is 272. The van der Waals surface area contributed by atoms with E-state index in [0.717, 1.165) is 32.4 Å². The highest BCUT2D eigenvalue weighted by atomic mass is 35.5. The first-order valence-corrected chi connectivity index (χ1v) is 6.94. The van der Waals surface area contributed by atoms with Gasteiger partial charge in [-0.3, -0.25) is 0 Å². The third-order valence-electron chi connectivity index (χ3n) is 2.44.